The number of para-hydroxylation sites is 2. The molecule has 0 saturated carbocycles. The molecule has 1 heterocycles. The maximum absolute atomic E-state index is 9.43. The van der Waals surface area contributed by atoms with Crippen LogP contribution in [-0.2, 0) is 13.6 Å². The van der Waals surface area contributed by atoms with E-state index in [-0.39, 0.29) is 12.6 Å². The van der Waals surface area contributed by atoms with Gasteiger partial charge < -0.3 is 9.67 Å². The van der Waals surface area contributed by atoms with Crippen molar-refractivity contribution in [1.82, 2.24) is 14.5 Å². The van der Waals surface area contributed by atoms with Crippen molar-refractivity contribution in [2.24, 2.45) is 7.05 Å². The highest BCUT2D eigenvalue weighted by Gasteiger charge is 2.19. The normalized spacial score (nSPS) is 12.9. The number of benzene rings is 2. The molecule has 3 rings (SSSR count). The highest BCUT2D eigenvalue weighted by atomic mass is 16.3. The monoisotopic (exact) mass is 309 g/mol. The molecule has 1 N–H and O–H groups in total. The van der Waals surface area contributed by atoms with Crippen LogP contribution in [0.2, 0.25) is 0 Å². The molecule has 3 aromatic rings. The molecule has 0 bridgehead atoms. The number of aromatic nitrogens is 2. The van der Waals surface area contributed by atoms with Gasteiger partial charge in [-0.25, -0.2) is 4.98 Å². The van der Waals surface area contributed by atoms with Crippen molar-refractivity contribution in [2.75, 3.05) is 13.7 Å². The molecular formula is C19H23N3O. The molecule has 0 aliphatic heterocycles. The number of hydrogen-bond acceptors (Lipinski definition) is 3. The summed E-state index contributed by atoms with van der Waals surface area (Å²) < 4.78 is 2.15. The van der Waals surface area contributed by atoms with Crippen LogP contribution >= 0.6 is 0 Å². The van der Waals surface area contributed by atoms with Crippen LogP contribution < -0.4 is 0 Å². The molecule has 120 valence electrons. The minimum absolute atomic E-state index is 0.173. The van der Waals surface area contributed by atoms with E-state index in [1.54, 1.807) is 0 Å². The second-order valence-corrected chi connectivity index (χ2v) is 5.93. The van der Waals surface area contributed by atoms with Crippen LogP contribution in [0.1, 0.15) is 23.9 Å². The number of fused-ring (bicyclic) bond motifs is 1. The number of imidazole rings is 1. The molecule has 1 atom stereocenters. The van der Waals surface area contributed by atoms with Crippen LogP contribution in [0.25, 0.3) is 11.0 Å². The summed E-state index contributed by atoms with van der Waals surface area (Å²) in [5, 5.41) is 9.43. The summed E-state index contributed by atoms with van der Waals surface area (Å²) in [4.78, 5) is 7.00. The molecule has 0 aliphatic rings. The molecule has 4 heteroatoms. The first-order chi connectivity index (χ1) is 11.2. The molecule has 0 aliphatic carbocycles. The Labute approximate surface area is 137 Å². The van der Waals surface area contributed by atoms with E-state index >= 15 is 0 Å². The number of aliphatic hydroxyl groups is 1. The predicted octanol–water partition coefficient (Wildman–Crippen LogP) is 3.13. The van der Waals surface area contributed by atoms with Crippen molar-refractivity contribution in [3.05, 3.63) is 66.0 Å². The lowest BCUT2D eigenvalue weighted by Crippen LogP contribution is -2.26. The first-order valence-corrected chi connectivity index (χ1v) is 7.97. The fraction of sp³-hybridized carbons (Fsp3) is 0.316. The third-order valence-electron chi connectivity index (χ3n) is 4.39. The highest BCUT2D eigenvalue weighted by Crippen LogP contribution is 2.25. The highest BCUT2D eigenvalue weighted by molar-refractivity contribution is 5.75. The summed E-state index contributed by atoms with van der Waals surface area (Å²) in [5.41, 5.74) is 3.40. The van der Waals surface area contributed by atoms with Crippen LogP contribution in [-0.4, -0.2) is 33.2 Å². The molecule has 1 aromatic heterocycles. The van der Waals surface area contributed by atoms with Gasteiger partial charge in [0.25, 0.3) is 0 Å². The zero-order chi connectivity index (χ0) is 16.2. The average Bonchev–Trinajstić information content (AvgIpc) is 2.89. The number of aryl methyl sites for hydroxylation is 1. The van der Waals surface area contributed by atoms with Crippen LogP contribution in [0.15, 0.2) is 54.6 Å². The van der Waals surface area contributed by atoms with E-state index in [1.165, 1.54) is 5.56 Å². The van der Waals surface area contributed by atoms with E-state index in [2.05, 4.69) is 41.8 Å². The molecule has 0 saturated heterocycles. The Morgan fingerprint density at radius 1 is 1.09 bits per heavy atom. The van der Waals surface area contributed by atoms with Gasteiger partial charge in [-0.15, -0.1) is 0 Å². The van der Waals surface area contributed by atoms with Gasteiger partial charge in [-0.2, -0.15) is 0 Å². The smallest absolute Gasteiger partial charge is 0.123 e. The largest absolute Gasteiger partial charge is 0.396 e. The summed E-state index contributed by atoms with van der Waals surface area (Å²) in [6, 6.07) is 18.7. The lowest BCUT2D eigenvalue weighted by Gasteiger charge is -2.27. The van der Waals surface area contributed by atoms with Crippen molar-refractivity contribution < 1.29 is 5.11 Å². The van der Waals surface area contributed by atoms with Gasteiger partial charge in [0, 0.05) is 19.7 Å². The zero-order valence-corrected chi connectivity index (χ0v) is 13.7. The Morgan fingerprint density at radius 3 is 2.48 bits per heavy atom. The van der Waals surface area contributed by atoms with Crippen molar-refractivity contribution in [3.8, 4) is 0 Å². The molecule has 0 spiro atoms. The van der Waals surface area contributed by atoms with E-state index in [9.17, 15) is 5.11 Å². The van der Waals surface area contributed by atoms with Gasteiger partial charge in [0.2, 0.25) is 0 Å². The number of rotatable bonds is 6. The van der Waals surface area contributed by atoms with Crippen molar-refractivity contribution in [2.45, 2.75) is 19.0 Å². The van der Waals surface area contributed by atoms with Crippen LogP contribution in [0.3, 0.4) is 0 Å². The Kier molecular flexibility index (Phi) is 4.74. The Bertz CT molecular complexity index is 767. The second-order valence-electron chi connectivity index (χ2n) is 5.93. The van der Waals surface area contributed by atoms with Gasteiger partial charge in [0.05, 0.1) is 17.6 Å². The zero-order valence-electron chi connectivity index (χ0n) is 13.7. The quantitative estimate of drug-likeness (QED) is 0.760. The molecule has 1 unspecified atom stereocenters. The molecular weight excluding hydrogens is 286 g/mol. The van der Waals surface area contributed by atoms with Gasteiger partial charge in [0.15, 0.2) is 0 Å². The van der Waals surface area contributed by atoms with Crippen molar-refractivity contribution >= 4 is 11.0 Å². The fourth-order valence-corrected chi connectivity index (χ4v) is 3.11. The van der Waals surface area contributed by atoms with Crippen LogP contribution in [0.5, 0.6) is 0 Å². The lowest BCUT2D eigenvalue weighted by atomic mass is 10.0. The first-order valence-electron chi connectivity index (χ1n) is 7.97. The summed E-state index contributed by atoms with van der Waals surface area (Å²) in [6.07, 6.45) is 0.713. The summed E-state index contributed by atoms with van der Waals surface area (Å²) in [7, 11) is 4.15. The topological polar surface area (TPSA) is 41.3 Å². The van der Waals surface area contributed by atoms with Crippen LogP contribution in [0.4, 0.5) is 0 Å². The average molecular weight is 309 g/mol. The van der Waals surface area contributed by atoms with Gasteiger partial charge in [-0.3, -0.25) is 4.90 Å². The van der Waals surface area contributed by atoms with E-state index in [4.69, 9.17) is 4.98 Å². The van der Waals surface area contributed by atoms with E-state index in [0.29, 0.717) is 6.42 Å². The number of hydrogen-bond donors (Lipinski definition) is 1. The molecule has 4 nitrogen and oxygen atoms in total. The third-order valence-corrected chi connectivity index (χ3v) is 4.39. The minimum atomic E-state index is 0.173. The minimum Gasteiger partial charge on any atom is -0.396 e. The van der Waals surface area contributed by atoms with Gasteiger partial charge in [-0.05, 0) is 31.2 Å². The Morgan fingerprint density at radius 2 is 1.78 bits per heavy atom. The van der Waals surface area contributed by atoms with Gasteiger partial charge >= 0.3 is 0 Å². The maximum atomic E-state index is 9.43. The Balaban J connectivity index is 1.85. The molecule has 0 amide bonds. The molecule has 0 radical (unpaired) electrons. The third kappa shape index (κ3) is 3.28. The van der Waals surface area contributed by atoms with Crippen LogP contribution in [0, 0.1) is 0 Å². The summed E-state index contributed by atoms with van der Waals surface area (Å²) in [5.74, 6) is 1.03. The SMILES string of the molecule is CN(Cc1nc2ccccc2n1C)C(CCO)c1ccccc1. The molecule has 2 aromatic carbocycles. The lowest BCUT2D eigenvalue weighted by molar-refractivity contribution is 0.176. The van der Waals surface area contributed by atoms with Gasteiger partial charge in [-0.1, -0.05) is 42.5 Å². The standard InChI is InChI=1S/C19H23N3O/c1-21(17(12-13-23)15-8-4-3-5-9-15)14-19-20-16-10-6-7-11-18(16)22(19)2/h3-11,17,23H,12-14H2,1-2H3. The molecule has 0 fully saturated rings. The number of nitrogens with zero attached hydrogens (tertiary/aromatic N) is 3. The van der Waals surface area contributed by atoms with E-state index in [1.807, 2.05) is 36.4 Å². The van der Waals surface area contributed by atoms with Crippen molar-refractivity contribution in [3.63, 3.8) is 0 Å². The summed E-state index contributed by atoms with van der Waals surface area (Å²) in [6.45, 7) is 0.914. The first kappa shape index (κ1) is 15.7. The molecule has 23 heavy (non-hydrogen) atoms. The predicted molar refractivity (Wildman–Crippen MR) is 93.1 cm³/mol. The van der Waals surface area contributed by atoms with E-state index in [0.717, 1.165) is 23.4 Å². The van der Waals surface area contributed by atoms with Crippen molar-refractivity contribution in [1.29, 1.82) is 0 Å². The van der Waals surface area contributed by atoms with E-state index < -0.39 is 0 Å². The second kappa shape index (κ2) is 6.94. The number of aliphatic hydroxyl groups excluding tert-OH is 1. The fourth-order valence-electron chi connectivity index (χ4n) is 3.11. The Hall–Kier alpha value is -2.17. The summed E-state index contributed by atoms with van der Waals surface area (Å²) >= 11 is 0. The van der Waals surface area contributed by atoms with Gasteiger partial charge in [0.1, 0.15) is 5.82 Å². The maximum Gasteiger partial charge on any atom is 0.123 e.